The SMILES string of the molecule is O=C(CCc1ccc(-c2ccccn2)cc1)N1CC2CN(C(=O)c3ccc4[nH]nnc4c3)CC2C1. The van der Waals surface area contributed by atoms with Gasteiger partial charge in [0.2, 0.25) is 5.91 Å². The number of nitrogens with zero attached hydrogens (tertiary/aromatic N) is 5. The van der Waals surface area contributed by atoms with E-state index in [1.54, 1.807) is 12.3 Å². The van der Waals surface area contributed by atoms with Crippen LogP contribution in [0, 0.1) is 11.8 Å². The molecule has 2 aromatic carbocycles. The highest BCUT2D eigenvalue weighted by Crippen LogP contribution is 2.32. The first kappa shape index (κ1) is 21.5. The maximum absolute atomic E-state index is 13.0. The Kier molecular flexibility index (Phi) is 5.48. The number of carbonyl (C=O) groups excluding carboxylic acids is 2. The fourth-order valence-electron chi connectivity index (χ4n) is 5.30. The number of carbonyl (C=O) groups is 2. The van der Waals surface area contributed by atoms with E-state index in [1.807, 2.05) is 40.1 Å². The van der Waals surface area contributed by atoms with E-state index in [1.165, 1.54) is 0 Å². The molecule has 8 nitrogen and oxygen atoms in total. The predicted molar refractivity (Wildman–Crippen MR) is 131 cm³/mol. The Hall–Kier alpha value is -4.07. The van der Waals surface area contributed by atoms with Crippen molar-refractivity contribution in [2.24, 2.45) is 11.8 Å². The molecule has 2 fully saturated rings. The van der Waals surface area contributed by atoms with Crippen molar-refractivity contribution in [2.75, 3.05) is 26.2 Å². The lowest BCUT2D eigenvalue weighted by Gasteiger charge is -2.22. The number of hydrogen-bond donors (Lipinski definition) is 1. The lowest BCUT2D eigenvalue weighted by molar-refractivity contribution is -0.130. The molecule has 2 aliphatic rings. The molecule has 4 aromatic rings. The summed E-state index contributed by atoms with van der Waals surface area (Å²) in [5, 5.41) is 10.6. The fourth-order valence-corrected chi connectivity index (χ4v) is 5.30. The minimum atomic E-state index is 0.0244. The third-order valence-corrected chi connectivity index (χ3v) is 7.24. The van der Waals surface area contributed by atoms with Gasteiger partial charge in [0.05, 0.1) is 11.2 Å². The summed E-state index contributed by atoms with van der Waals surface area (Å²) in [5.74, 6) is 0.909. The van der Waals surface area contributed by atoms with E-state index in [2.05, 4.69) is 44.7 Å². The number of likely N-dealkylation sites (tertiary alicyclic amines) is 2. The number of fused-ring (bicyclic) bond motifs is 2. The topological polar surface area (TPSA) is 95.1 Å². The second-order valence-electron chi connectivity index (χ2n) is 9.48. The van der Waals surface area contributed by atoms with E-state index in [0.717, 1.165) is 41.8 Å². The van der Waals surface area contributed by atoms with E-state index < -0.39 is 0 Å². The molecule has 2 unspecified atom stereocenters. The van der Waals surface area contributed by atoms with Gasteiger partial charge in [-0.15, -0.1) is 5.10 Å². The van der Waals surface area contributed by atoms with Crippen LogP contribution in [-0.2, 0) is 11.2 Å². The van der Waals surface area contributed by atoms with Crippen LogP contribution in [0.25, 0.3) is 22.3 Å². The molecule has 0 aliphatic carbocycles. The predicted octanol–water partition coefficient (Wildman–Crippen LogP) is 3.18. The van der Waals surface area contributed by atoms with Crippen molar-refractivity contribution < 1.29 is 9.59 Å². The summed E-state index contributed by atoms with van der Waals surface area (Å²) in [6.07, 6.45) is 3.02. The minimum absolute atomic E-state index is 0.0244. The van der Waals surface area contributed by atoms with E-state index in [-0.39, 0.29) is 11.8 Å². The van der Waals surface area contributed by atoms with Gasteiger partial charge < -0.3 is 9.80 Å². The Morgan fingerprint density at radius 2 is 1.69 bits per heavy atom. The maximum atomic E-state index is 13.0. The third kappa shape index (κ3) is 4.27. The summed E-state index contributed by atoms with van der Waals surface area (Å²) >= 11 is 0. The first-order valence-electron chi connectivity index (χ1n) is 12.0. The highest BCUT2D eigenvalue weighted by Gasteiger charge is 2.42. The van der Waals surface area contributed by atoms with Gasteiger partial charge in [-0.05, 0) is 42.3 Å². The first-order chi connectivity index (χ1) is 17.1. The van der Waals surface area contributed by atoms with Gasteiger partial charge in [-0.3, -0.25) is 19.7 Å². The monoisotopic (exact) mass is 466 g/mol. The molecule has 2 atom stereocenters. The number of nitrogens with one attached hydrogen (secondary N) is 1. The number of aromatic nitrogens is 4. The van der Waals surface area contributed by atoms with Crippen LogP contribution in [0.3, 0.4) is 0 Å². The average molecular weight is 467 g/mol. The molecular weight excluding hydrogens is 440 g/mol. The number of pyridine rings is 1. The van der Waals surface area contributed by atoms with Gasteiger partial charge in [0.1, 0.15) is 5.52 Å². The van der Waals surface area contributed by atoms with Crippen LogP contribution in [0.4, 0.5) is 0 Å². The van der Waals surface area contributed by atoms with Crippen LogP contribution >= 0.6 is 0 Å². The Bertz CT molecular complexity index is 1350. The highest BCUT2D eigenvalue weighted by atomic mass is 16.2. The lowest BCUT2D eigenvalue weighted by Crippen LogP contribution is -2.35. The van der Waals surface area contributed by atoms with Gasteiger partial charge in [-0.1, -0.05) is 35.5 Å². The maximum Gasteiger partial charge on any atom is 0.253 e. The standard InChI is InChI=1S/C27H26N6O2/c34-26(11-6-18-4-7-19(8-5-18)23-3-1-2-12-28-23)32-14-21-16-33(17-22(21)15-32)27(35)20-9-10-24-25(13-20)30-31-29-24/h1-5,7-10,12-13,21-22H,6,11,14-17H2,(H,29,30,31). The second kappa shape index (κ2) is 8.94. The summed E-state index contributed by atoms with van der Waals surface area (Å²) in [7, 11) is 0. The van der Waals surface area contributed by atoms with E-state index in [9.17, 15) is 9.59 Å². The number of H-pyrrole nitrogens is 1. The molecular formula is C27H26N6O2. The summed E-state index contributed by atoms with van der Waals surface area (Å²) in [4.78, 5) is 34.2. The van der Waals surface area contributed by atoms with Gasteiger partial charge in [0.25, 0.3) is 5.91 Å². The molecule has 176 valence electrons. The van der Waals surface area contributed by atoms with Crippen LogP contribution in [0.1, 0.15) is 22.3 Å². The van der Waals surface area contributed by atoms with Crippen LogP contribution in [-0.4, -0.2) is 68.2 Å². The number of amides is 2. The molecule has 8 heteroatoms. The van der Waals surface area contributed by atoms with Crippen LogP contribution in [0.2, 0.25) is 0 Å². The van der Waals surface area contributed by atoms with Gasteiger partial charge in [-0.2, -0.15) is 0 Å². The molecule has 35 heavy (non-hydrogen) atoms. The van der Waals surface area contributed by atoms with Gasteiger partial charge in [0.15, 0.2) is 0 Å². The Morgan fingerprint density at radius 1 is 0.914 bits per heavy atom. The molecule has 1 N–H and O–H groups in total. The number of benzene rings is 2. The average Bonchev–Trinajstić information content (AvgIpc) is 3.62. The lowest BCUT2D eigenvalue weighted by atomic mass is 10.0. The Morgan fingerprint density at radius 3 is 2.43 bits per heavy atom. The Labute approximate surface area is 203 Å². The summed E-state index contributed by atoms with van der Waals surface area (Å²) in [6.45, 7) is 2.85. The van der Waals surface area contributed by atoms with Crippen molar-refractivity contribution in [1.29, 1.82) is 0 Å². The van der Waals surface area contributed by atoms with Crippen molar-refractivity contribution in [1.82, 2.24) is 30.2 Å². The zero-order valence-corrected chi connectivity index (χ0v) is 19.3. The van der Waals surface area contributed by atoms with Crippen LogP contribution < -0.4 is 0 Å². The number of aromatic amines is 1. The van der Waals surface area contributed by atoms with Crippen LogP contribution in [0.15, 0.2) is 66.9 Å². The molecule has 2 aliphatic heterocycles. The van der Waals surface area contributed by atoms with Gasteiger partial charge in [-0.25, -0.2) is 0 Å². The molecule has 0 radical (unpaired) electrons. The minimum Gasteiger partial charge on any atom is -0.342 e. The third-order valence-electron chi connectivity index (χ3n) is 7.24. The second-order valence-corrected chi connectivity index (χ2v) is 9.48. The molecule has 2 saturated heterocycles. The zero-order chi connectivity index (χ0) is 23.8. The molecule has 0 spiro atoms. The molecule has 6 rings (SSSR count). The first-order valence-corrected chi connectivity index (χ1v) is 12.0. The summed E-state index contributed by atoms with van der Waals surface area (Å²) in [5.41, 5.74) is 5.32. The van der Waals surface area contributed by atoms with Crippen LogP contribution in [0.5, 0.6) is 0 Å². The number of aryl methyl sites for hydroxylation is 1. The molecule has 2 amide bonds. The zero-order valence-electron chi connectivity index (χ0n) is 19.3. The van der Waals surface area contributed by atoms with Crippen molar-refractivity contribution in [3.63, 3.8) is 0 Å². The normalized spacial score (nSPS) is 19.3. The summed E-state index contributed by atoms with van der Waals surface area (Å²) in [6, 6.07) is 19.6. The summed E-state index contributed by atoms with van der Waals surface area (Å²) < 4.78 is 0. The molecule has 0 saturated carbocycles. The molecule has 0 bridgehead atoms. The van der Waals surface area contributed by atoms with Gasteiger partial charge >= 0.3 is 0 Å². The smallest absolute Gasteiger partial charge is 0.253 e. The quantitative estimate of drug-likeness (QED) is 0.487. The Balaban J connectivity index is 1.01. The highest BCUT2D eigenvalue weighted by molar-refractivity contribution is 5.97. The van der Waals surface area contributed by atoms with Gasteiger partial charge in [0, 0.05) is 61.8 Å². The fraction of sp³-hybridized carbons (Fsp3) is 0.296. The van der Waals surface area contributed by atoms with E-state index in [4.69, 9.17) is 0 Å². The largest absolute Gasteiger partial charge is 0.342 e. The molecule has 2 aromatic heterocycles. The van der Waals surface area contributed by atoms with Crippen molar-refractivity contribution >= 4 is 22.8 Å². The van der Waals surface area contributed by atoms with E-state index >= 15 is 0 Å². The van der Waals surface area contributed by atoms with Crippen molar-refractivity contribution in [3.8, 4) is 11.3 Å². The number of hydrogen-bond acceptors (Lipinski definition) is 5. The van der Waals surface area contributed by atoms with Crippen molar-refractivity contribution in [2.45, 2.75) is 12.8 Å². The van der Waals surface area contributed by atoms with E-state index in [0.29, 0.717) is 42.4 Å². The number of rotatable bonds is 5. The molecule has 4 heterocycles. The van der Waals surface area contributed by atoms with Crippen molar-refractivity contribution in [3.05, 3.63) is 78.0 Å².